The van der Waals surface area contributed by atoms with Gasteiger partial charge in [0, 0.05) is 24.8 Å². The van der Waals surface area contributed by atoms with Crippen molar-refractivity contribution in [2.45, 2.75) is 20.8 Å². The van der Waals surface area contributed by atoms with Gasteiger partial charge in [-0.1, -0.05) is 44.2 Å². The molecule has 3 rings (SSSR count). The largest absolute Gasteiger partial charge is 0.497 e. The number of nitrogens with zero attached hydrogens (tertiary/aromatic N) is 3. The van der Waals surface area contributed by atoms with Crippen molar-refractivity contribution in [1.29, 1.82) is 0 Å². The SMILES string of the molecule is CCN(CC(C)C)C(=O)c1cn(-c2ccccc2)nc1-c1cccc(OC)c1. The van der Waals surface area contributed by atoms with Gasteiger partial charge in [0.25, 0.3) is 5.91 Å². The van der Waals surface area contributed by atoms with Crippen molar-refractivity contribution in [3.8, 4) is 22.7 Å². The summed E-state index contributed by atoms with van der Waals surface area (Å²) in [6, 6.07) is 17.5. The standard InChI is InChI=1S/C23H27N3O2/c1-5-25(15-17(2)3)23(27)21-16-26(19-11-7-6-8-12-19)24-22(21)18-10-9-13-20(14-18)28-4/h6-14,16-17H,5,15H2,1-4H3. The first-order valence-corrected chi connectivity index (χ1v) is 9.62. The summed E-state index contributed by atoms with van der Waals surface area (Å²) < 4.78 is 7.13. The van der Waals surface area contributed by atoms with Crippen molar-refractivity contribution in [2.75, 3.05) is 20.2 Å². The zero-order valence-corrected chi connectivity index (χ0v) is 16.9. The third-order valence-corrected chi connectivity index (χ3v) is 4.56. The molecule has 5 nitrogen and oxygen atoms in total. The number of methoxy groups -OCH3 is 1. The molecular weight excluding hydrogens is 350 g/mol. The quantitative estimate of drug-likeness (QED) is 0.601. The fraction of sp³-hybridized carbons (Fsp3) is 0.304. The van der Waals surface area contributed by atoms with E-state index in [1.807, 2.05) is 72.6 Å². The average molecular weight is 377 g/mol. The van der Waals surface area contributed by atoms with Gasteiger partial charge in [0.2, 0.25) is 0 Å². The summed E-state index contributed by atoms with van der Waals surface area (Å²) in [6.45, 7) is 7.61. The molecule has 0 N–H and O–H groups in total. The molecule has 0 atom stereocenters. The highest BCUT2D eigenvalue weighted by atomic mass is 16.5. The number of ether oxygens (including phenoxy) is 1. The molecule has 5 heteroatoms. The van der Waals surface area contributed by atoms with Gasteiger partial charge >= 0.3 is 0 Å². The van der Waals surface area contributed by atoms with Crippen LogP contribution in [-0.2, 0) is 0 Å². The smallest absolute Gasteiger partial charge is 0.257 e. The predicted molar refractivity (Wildman–Crippen MR) is 112 cm³/mol. The lowest BCUT2D eigenvalue weighted by atomic mass is 10.1. The Morgan fingerprint density at radius 3 is 2.54 bits per heavy atom. The Morgan fingerprint density at radius 1 is 1.14 bits per heavy atom. The number of aromatic nitrogens is 2. The molecule has 146 valence electrons. The van der Waals surface area contributed by atoms with Crippen LogP contribution in [0.4, 0.5) is 0 Å². The van der Waals surface area contributed by atoms with Gasteiger partial charge in [-0.05, 0) is 37.1 Å². The lowest BCUT2D eigenvalue weighted by Gasteiger charge is -2.22. The Morgan fingerprint density at radius 2 is 1.89 bits per heavy atom. The third-order valence-electron chi connectivity index (χ3n) is 4.56. The van der Waals surface area contributed by atoms with E-state index in [-0.39, 0.29) is 5.91 Å². The van der Waals surface area contributed by atoms with E-state index in [2.05, 4.69) is 13.8 Å². The summed E-state index contributed by atoms with van der Waals surface area (Å²) in [6.07, 6.45) is 1.83. The fourth-order valence-electron chi connectivity index (χ4n) is 3.19. The maximum absolute atomic E-state index is 13.3. The number of para-hydroxylation sites is 1. The van der Waals surface area contributed by atoms with E-state index >= 15 is 0 Å². The van der Waals surface area contributed by atoms with Crippen molar-refractivity contribution in [3.05, 3.63) is 66.4 Å². The van der Waals surface area contributed by atoms with Crippen LogP contribution in [-0.4, -0.2) is 40.8 Å². The summed E-state index contributed by atoms with van der Waals surface area (Å²) >= 11 is 0. The number of carbonyl (C=O) groups is 1. The number of amides is 1. The van der Waals surface area contributed by atoms with E-state index in [0.29, 0.717) is 30.3 Å². The monoisotopic (exact) mass is 377 g/mol. The first-order chi connectivity index (χ1) is 13.5. The maximum atomic E-state index is 13.3. The van der Waals surface area contributed by atoms with Gasteiger partial charge in [0.15, 0.2) is 0 Å². The molecule has 0 bridgehead atoms. The van der Waals surface area contributed by atoms with E-state index in [1.165, 1.54) is 0 Å². The molecule has 2 aromatic carbocycles. The van der Waals surface area contributed by atoms with Crippen LogP contribution >= 0.6 is 0 Å². The van der Waals surface area contributed by atoms with Gasteiger partial charge in [-0.15, -0.1) is 0 Å². The minimum atomic E-state index is -0.00352. The summed E-state index contributed by atoms with van der Waals surface area (Å²) in [5.41, 5.74) is 3.03. The highest BCUT2D eigenvalue weighted by molar-refractivity contribution is 6.00. The van der Waals surface area contributed by atoms with Crippen LogP contribution in [0.15, 0.2) is 60.8 Å². The first kappa shape index (κ1) is 19.7. The van der Waals surface area contributed by atoms with Gasteiger partial charge < -0.3 is 9.64 Å². The van der Waals surface area contributed by atoms with Crippen molar-refractivity contribution in [2.24, 2.45) is 5.92 Å². The minimum absolute atomic E-state index is 0.00352. The lowest BCUT2D eigenvalue weighted by molar-refractivity contribution is 0.0746. The summed E-state index contributed by atoms with van der Waals surface area (Å²) in [5.74, 6) is 1.13. The van der Waals surface area contributed by atoms with Crippen LogP contribution < -0.4 is 4.74 Å². The fourth-order valence-corrected chi connectivity index (χ4v) is 3.19. The van der Waals surface area contributed by atoms with E-state index in [4.69, 9.17) is 9.84 Å². The molecule has 1 aromatic heterocycles. The third kappa shape index (κ3) is 4.25. The van der Waals surface area contributed by atoms with Gasteiger partial charge in [0.1, 0.15) is 11.4 Å². The second-order valence-electron chi connectivity index (χ2n) is 7.14. The van der Waals surface area contributed by atoms with Crippen LogP contribution in [0.5, 0.6) is 5.75 Å². The van der Waals surface area contributed by atoms with Gasteiger partial charge in [-0.2, -0.15) is 5.10 Å². The Hall–Kier alpha value is -3.08. The Labute approximate surface area is 166 Å². The molecule has 0 aliphatic heterocycles. The number of carbonyl (C=O) groups excluding carboxylic acids is 1. The van der Waals surface area contributed by atoms with Gasteiger partial charge in [-0.3, -0.25) is 4.79 Å². The molecule has 0 aliphatic carbocycles. The molecule has 0 unspecified atom stereocenters. The number of rotatable bonds is 7. The zero-order chi connectivity index (χ0) is 20.1. The minimum Gasteiger partial charge on any atom is -0.497 e. The highest BCUT2D eigenvalue weighted by Gasteiger charge is 2.23. The maximum Gasteiger partial charge on any atom is 0.257 e. The molecule has 1 amide bonds. The molecular formula is C23H27N3O2. The number of hydrogen-bond donors (Lipinski definition) is 0. The number of hydrogen-bond acceptors (Lipinski definition) is 3. The summed E-state index contributed by atoms with van der Waals surface area (Å²) in [4.78, 5) is 15.2. The van der Waals surface area contributed by atoms with E-state index in [0.717, 1.165) is 17.0 Å². The molecule has 0 spiro atoms. The van der Waals surface area contributed by atoms with Crippen LogP contribution in [0.1, 0.15) is 31.1 Å². The Bertz CT molecular complexity index is 932. The number of benzene rings is 2. The molecule has 28 heavy (non-hydrogen) atoms. The van der Waals surface area contributed by atoms with Crippen molar-refractivity contribution < 1.29 is 9.53 Å². The zero-order valence-electron chi connectivity index (χ0n) is 16.9. The summed E-state index contributed by atoms with van der Waals surface area (Å²) in [7, 11) is 1.63. The van der Waals surface area contributed by atoms with Gasteiger partial charge in [0.05, 0.1) is 18.4 Å². The van der Waals surface area contributed by atoms with E-state index in [9.17, 15) is 4.79 Å². The predicted octanol–water partition coefficient (Wildman–Crippen LogP) is 4.67. The van der Waals surface area contributed by atoms with Crippen molar-refractivity contribution >= 4 is 5.91 Å². The van der Waals surface area contributed by atoms with Crippen LogP contribution in [0.25, 0.3) is 16.9 Å². The highest BCUT2D eigenvalue weighted by Crippen LogP contribution is 2.28. The van der Waals surface area contributed by atoms with E-state index in [1.54, 1.807) is 11.8 Å². The molecule has 0 saturated heterocycles. The van der Waals surface area contributed by atoms with Crippen LogP contribution in [0.3, 0.4) is 0 Å². The Kier molecular flexibility index (Phi) is 6.14. The molecule has 0 saturated carbocycles. The molecule has 3 aromatic rings. The molecule has 1 heterocycles. The van der Waals surface area contributed by atoms with Crippen LogP contribution in [0, 0.1) is 5.92 Å². The van der Waals surface area contributed by atoms with Crippen molar-refractivity contribution in [1.82, 2.24) is 14.7 Å². The molecule has 0 aliphatic rings. The average Bonchev–Trinajstić information content (AvgIpc) is 3.17. The normalized spacial score (nSPS) is 10.9. The second-order valence-corrected chi connectivity index (χ2v) is 7.14. The lowest BCUT2D eigenvalue weighted by Crippen LogP contribution is -2.34. The van der Waals surface area contributed by atoms with Crippen LogP contribution in [0.2, 0.25) is 0 Å². The molecule has 0 fully saturated rings. The first-order valence-electron chi connectivity index (χ1n) is 9.62. The second kappa shape index (κ2) is 8.74. The van der Waals surface area contributed by atoms with Gasteiger partial charge in [-0.25, -0.2) is 4.68 Å². The topological polar surface area (TPSA) is 47.4 Å². The van der Waals surface area contributed by atoms with E-state index < -0.39 is 0 Å². The summed E-state index contributed by atoms with van der Waals surface area (Å²) in [5, 5.41) is 4.76. The van der Waals surface area contributed by atoms with Crippen molar-refractivity contribution in [3.63, 3.8) is 0 Å². The molecule has 0 radical (unpaired) electrons. The Balaban J connectivity index is 2.11.